The molecule has 0 nitrogen and oxygen atoms in total. The first-order chi connectivity index (χ1) is 10.3. The minimum Gasteiger partial charge on any atom is -0.196 e. The Morgan fingerprint density at radius 3 is 2.05 bits per heavy atom. The quantitative estimate of drug-likeness (QED) is 0.639. The Morgan fingerprint density at radius 1 is 0.864 bits per heavy atom. The molecule has 0 aliphatic heterocycles. The highest BCUT2D eigenvalue weighted by Gasteiger charge is 2.44. The van der Waals surface area contributed by atoms with Gasteiger partial charge < -0.3 is 0 Å². The molecular formula is C20H22F2. The molecule has 0 amide bonds. The number of benzene rings is 2. The highest BCUT2D eigenvalue weighted by molar-refractivity contribution is 5.80. The van der Waals surface area contributed by atoms with E-state index in [1.165, 1.54) is 0 Å². The first kappa shape index (κ1) is 15.2. The van der Waals surface area contributed by atoms with Crippen molar-refractivity contribution in [1.82, 2.24) is 0 Å². The summed E-state index contributed by atoms with van der Waals surface area (Å²) in [6.07, 6.45) is 0.830. The summed E-state index contributed by atoms with van der Waals surface area (Å²) >= 11 is 0. The lowest BCUT2D eigenvalue weighted by Gasteiger charge is -2.15. The Labute approximate surface area is 131 Å². The normalized spacial score (nSPS) is 15.3. The van der Waals surface area contributed by atoms with Crippen molar-refractivity contribution in [2.45, 2.75) is 46.0 Å². The van der Waals surface area contributed by atoms with Crippen LogP contribution >= 0.6 is 0 Å². The van der Waals surface area contributed by atoms with Crippen LogP contribution in [0.3, 0.4) is 0 Å². The third-order valence-corrected chi connectivity index (χ3v) is 4.40. The van der Waals surface area contributed by atoms with E-state index < -0.39 is 5.92 Å². The number of halogens is 2. The number of alkyl halides is 2. The number of hydrogen-bond acceptors (Lipinski definition) is 0. The lowest BCUT2D eigenvalue weighted by molar-refractivity contribution is 0.0478. The fourth-order valence-corrected chi connectivity index (χ4v) is 3.25. The van der Waals surface area contributed by atoms with Crippen molar-refractivity contribution >= 4 is 0 Å². The molecule has 2 aromatic carbocycles. The molecule has 0 N–H and O–H groups in total. The molecule has 0 spiro atoms. The molecular weight excluding hydrogens is 278 g/mol. The fourth-order valence-electron chi connectivity index (χ4n) is 3.25. The van der Waals surface area contributed by atoms with Gasteiger partial charge in [-0.05, 0) is 52.6 Å². The van der Waals surface area contributed by atoms with Crippen LogP contribution in [0.1, 0.15) is 55.9 Å². The second kappa shape index (κ2) is 5.19. The molecule has 0 fully saturated rings. The molecule has 22 heavy (non-hydrogen) atoms. The van der Waals surface area contributed by atoms with Gasteiger partial charge in [0.05, 0.1) is 0 Å². The SMILES string of the molecule is CC(C)Cc1ccc2c(c1)C(F)(F)c1cc(C(C)C)ccc1-2. The third kappa shape index (κ3) is 2.35. The summed E-state index contributed by atoms with van der Waals surface area (Å²) < 4.78 is 29.8. The smallest absolute Gasteiger partial charge is 0.196 e. The highest BCUT2D eigenvalue weighted by Crippen LogP contribution is 2.51. The molecule has 0 heterocycles. The van der Waals surface area contributed by atoms with E-state index in [2.05, 4.69) is 13.8 Å². The molecule has 0 radical (unpaired) electrons. The average molecular weight is 300 g/mol. The van der Waals surface area contributed by atoms with Gasteiger partial charge in [0.1, 0.15) is 0 Å². The third-order valence-electron chi connectivity index (χ3n) is 4.40. The highest BCUT2D eigenvalue weighted by atomic mass is 19.3. The van der Waals surface area contributed by atoms with Crippen molar-refractivity contribution in [2.75, 3.05) is 0 Å². The molecule has 1 aliphatic carbocycles. The molecule has 3 rings (SSSR count). The molecule has 2 heteroatoms. The maximum absolute atomic E-state index is 14.9. The number of hydrogen-bond donors (Lipinski definition) is 0. The summed E-state index contributed by atoms with van der Waals surface area (Å²) in [5.74, 6) is -2.17. The van der Waals surface area contributed by atoms with Crippen LogP contribution in [0.2, 0.25) is 0 Å². The van der Waals surface area contributed by atoms with E-state index in [4.69, 9.17) is 0 Å². The zero-order valence-corrected chi connectivity index (χ0v) is 13.6. The first-order valence-corrected chi connectivity index (χ1v) is 7.96. The molecule has 0 atom stereocenters. The van der Waals surface area contributed by atoms with Gasteiger partial charge in [-0.3, -0.25) is 0 Å². The van der Waals surface area contributed by atoms with E-state index in [0.29, 0.717) is 17.0 Å². The maximum Gasteiger partial charge on any atom is 0.299 e. The molecule has 2 aromatic rings. The summed E-state index contributed by atoms with van der Waals surface area (Å²) in [6.45, 7) is 8.27. The largest absolute Gasteiger partial charge is 0.299 e. The van der Waals surface area contributed by atoms with Crippen molar-refractivity contribution < 1.29 is 8.78 Å². The van der Waals surface area contributed by atoms with E-state index in [1.807, 2.05) is 38.1 Å². The van der Waals surface area contributed by atoms with Crippen molar-refractivity contribution in [3.63, 3.8) is 0 Å². The summed E-state index contributed by atoms with van der Waals surface area (Å²) in [5, 5.41) is 0. The molecule has 116 valence electrons. The van der Waals surface area contributed by atoms with Gasteiger partial charge in [-0.1, -0.05) is 52.0 Å². The van der Waals surface area contributed by atoms with E-state index in [9.17, 15) is 8.78 Å². The van der Waals surface area contributed by atoms with Crippen molar-refractivity contribution in [2.24, 2.45) is 5.92 Å². The lowest BCUT2D eigenvalue weighted by atomic mass is 9.96. The summed E-state index contributed by atoms with van der Waals surface area (Å²) in [6, 6.07) is 11.1. The minimum atomic E-state index is -2.89. The van der Waals surface area contributed by atoms with Crippen LogP contribution in [0, 0.1) is 5.92 Å². The van der Waals surface area contributed by atoms with E-state index in [-0.39, 0.29) is 17.0 Å². The zero-order chi connectivity index (χ0) is 16.1. The topological polar surface area (TPSA) is 0 Å². The molecule has 0 aromatic heterocycles. The average Bonchev–Trinajstić information content (AvgIpc) is 2.66. The molecule has 1 aliphatic rings. The molecule has 0 bridgehead atoms. The van der Waals surface area contributed by atoms with Gasteiger partial charge in [0.25, 0.3) is 5.92 Å². The molecule has 0 unspecified atom stereocenters. The van der Waals surface area contributed by atoms with Crippen molar-refractivity contribution in [1.29, 1.82) is 0 Å². The van der Waals surface area contributed by atoms with Gasteiger partial charge in [0.15, 0.2) is 0 Å². The van der Waals surface area contributed by atoms with Crippen molar-refractivity contribution in [3.05, 3.63) is 58.7 Å². The molecule has 0 saturated carbocycles. The van der Waals surface area contributed by atoms with Crippen LogP contribution in [0.5, 0.6) is 0 Å². The predicted octanol–water partition coefficient (Wildman–Crippen LogP) is 6.13. The van der Waals surface area contributed by atoms with E-state index >= 15 is 0 Å². The number of rotatable bonds is 3. The van der Waals surface area contributed by atoms with Gasteiger partial charge >= 0.3 is 0 Å². The van der Waals surface area contributed by atoms with Crippen LogP contribution in [0.4, 0.5) is 8.78 Å². The Morgan fingerprint density at radius 2 is 1.45 bits per heavy atom. The van der Waals surface area contributed by atoms with Gasteiger partial charge in [0.2, 0.25) is 0 Å². The van der Waals surface area contributed by atoms with E-state index in [0.717, 1.165) is 17.5 Å². The van der Waals surface area contributed by atoms with Crippen LogP contribution in [0.15, 0.2) is 36.4 Å². The van der Waals surface area contributed by atoms with Crippen LogP contribution in [-0.2, 0) is 12.3 Å². The Kier molecular flexibility index (Phi) is 3.58. The number of fused-ring (bicyclic) bond motifs is 3. The van der Waals surface area contributed by atoms with Crippen molar-refractivity contribution in [3.8, 4) is 11.1 Å². The predicted molar refractivity (Wildman–Crippen MR) is 87.5 cm³/mol. The minimum absolute atomic E-state index is 0.162. The zero-order valence-electron chi connectivity index (χ0n) is 13.6. The van der Waals surface area contributed by atoms with E-state index in [1.54, 1.807) is 12.1 Å². The summed E-state index contributed by atoms with van der Waals surface area (Å²) in [5.41, 5.74) is 3.65. The van der Waals surface area contributed by atoms with Gasteiger partial charge in [0, 0.05) is 11.1 Å². The second-order valence-electron chi connectivity index (χ2n) is 7.01. The van der Waals surface area contributed by atoms with Gasteiger partial charge in [-0.2, -0.15) is 8.78 Å². The van der Waals surface area contributed by atoms with Gasteiger partial charge in [-0.25, -0.2) is 0 Å². The summed E-state index contributed by atoms with van der Waals surface area (Å²) in [4.78, 5) is 0. The summed E-state index contributed by atoms with van der Waals surface area (Å²) in [7, 11) is 0. The first-order valence-electron chi connectivity index (χ1n) is 7.96. The van der Waals surface area contributed by atoms with Crippen LogP contribution in [-0.4, -0.2) is 0 Å². The maximum atomic E-state index is 14.9. The standard InChI is InChI=1S/C20H22F2/c1-12(2)9-14-5-7-16-17-8-6-15(13(3)4)11-19(17)20(21,22)18(16)10-14/h5-8,10-13H,9H2,1-4H3. The second-order valence-corrected chi connectivity index (χ2v) is 7.01. The Bertz CT molecular complexity index is 712. The Hall–Kier alpha value is -1.70. The van der Waals surface area contributed by atoms with Crippen LogP contribution in [0.25, 0.3) is 11.1 Å². The van der Waals surface area contributed by atoms with Crippen LogP contribution < -0.4 is 0 Å². The monoisotopic (exact) mass is 300 g/mol. The Balaban J connectivity index is 2.13. The fraction of sp³-hybridized carbons (Fsp3) is 0.400. The molecule has 0 saturated heterocycles. The van der Waals surface area contributed by atoms with Gasteiger partial charge in [-0.15, -0.1) is 0 Å². The lowest BCUT2D eigenvalue weighted by Crippen LogP contribution is -2.12.